The van der Waals surface area contributed by atoms with Crippen molar-refractivity contribution in [2.45, 2.75) is 45.1 Å². The van der Waals surface area contributed by atoms with E-state index in [1.165, 1.54) is 0 Å². The van der Waals surface area contributed by atoms with Crippen molar-refractivity contribution in [1.29, 1.82) is 0 Å². The fraction of sp³-hybridized carbons (Fsp3) is 0.444. The Kier molecular flexibility index (Phi) is 6.27. The fourth-order valence-electron chi connectivity index (χ4n) is 2.77. The number of carbonyl (C=O) groups excluding carboxylic acids is 3. The van der Waals surface area contributed by atoms with Gasteiger partial charge in [0.1, 0.15) is 6.04 Å². The second kappa shape index (κ2) is 8.41. The molecule has 3 amide bonds. The number of carboxylic acid groups (broad SMARTS) is 1. The van der Waals surface area contributed by atoms with Crippen molar-refractivity contribution in [3.8, 4) is 0 Å². The first-order chi connectivity index (χ1) is 12.0. The van der Waals surface area contributed by atoms with Gasteiger partial charge in [-0.1, -0.05) is 31.9 Å². The first-order valence-electron chi connectivity index (χ1n) is 8.43. The minimum atomic E-state index is -1.05. The second-order valence-electron chi connectivity index (χ2n) is 6.01. The van der Waals surface area contributed by atoms with E-state index in [1.54, 1.807) is 24.3 Å². The van der Waals surface area contributed by atoms with E-state index in [0.29, 0.717) is 24.0 Å². The van der Waals surface area contributed by atoms with E-state index in [1.807, 2.05) is 6.92 Å². The van der Waals surface area contributed by atoms with Crippen molar-refractivity contribution in [1.82, 2.24) is 10.2 Å². The summed E-state index contributed by atoms with van der Waals surface area (Å²) in [6.07, 6.45) is 2.29. The van der Waals surface area contributed by atoms with Crippen LogP contribution in [-0.2, 0) is 9.59 Å². The molecule has 134 valence electrons. The molecule has 1 aromatic carbocycles. The molecule has 0 saturated carbocycles. The number of nitrogens with one attached hydrogen (secondary N) is 1. The molecule has 25 heavy (non-hydrogen) atoms. The summed E-state index contributed by atoms with van der Waals surface area (Å²) in [5.74, 6) is -2.15. The lowest BCUT2D eigenvalue weighted by atomic mass is 10.1. The monoisotopic (exact) mass is 346 g/mol. The SMILES string of the molecule is CCCCC(NC(=O)CCCN1C(=O)c2ccccc2C1=O)C(=O)O. The molecule has 2 rings (SSSR count). The zero-order valence-electron chi connectivity index (χ0n) is 14.2. The largest absolute Gasteiger partial charge is 0.480 e. The molecule has 2 N–H and O–H groups in total. The summed E-state index contributed by atoms with van der Waals surface area (Å²) in [7, 11) is 0. The Morgan fingerprint density at radius 2 is 1.72 bits per heavy atom. The van der Waals surface area contributed by atoms with Crippen LogP contribution in [0.3, 0.4) is 0 Å². The molecular weight excluding hydrogens is 324 g/mol. The van der Waals surface area contributed by atoms with Crippen molar-refractivity contribution < 1.29 is 24.3 Å². The summed E-state index contributed by atoms with van der Waals surface area (Å²) in [5, 5.41) is 11.6. The number of hydrogen-bond donors (Lipinski definition) is 2. The number of nitrogens with zero attached hydrogens (tertiary/aromatic N) is 1. The van der Waals surface area contributed by atoms with Crippen LogP contribution in [0.25, 0.3) is 0 Å². The number of imide groups is 1. The van der Waals surface area contributed by atoms with Gasteiger partial charge < -0.3 is 10.4 Å². The molecular formula is C18H22N2O5. The van der Waals surface area contributed by atoms with Crippen molar-refractivity contribution in [3.05, 3.63) is 35.4 Å². The molecule has 1 aliphatic heterocycles. The van der Waals surface area contributed by atoms with Crippen LogP contribution in [0.2, 0.25) is 0 Å². The third-order valence-electron chi connectivity index (χ3n) is 4.14. The fourth-order valence-corrected chi connectivity index (χ4v) is 2.77. The Morgan fingerprint density at radius 1 is 1.12 bits per heavy atom. The highest BCUT2D eigenvalue weighted by molar-refractivity contribution is 6.21. The molecule has 0 radical (unpaired) electrons. The van der Waals surface area contributed by atoms with Crippen LogP contribution >= 0.6 is 0 Å². The second-order valence-corrected chi connectivity index (χ2v) is 6.01. The Morgan fingerprint density at radius 3 is 2.24 bits per heavy atom. The third-order valence-corrected chi connectivity index (χ3v) is 4.14. The molecule has 0 aromatic heterocycles. The minimum absolute atomic E-state index is 0.0588. The van der Waals surface area contributed by atoms with Crippen LogP contribution in [0.15, 0.2) is 24.3 Å². The Labute approximate surface area is 146 Å². The summed E-state index contributed by atoms with van der Waals surface area (Å²) in [4.78, 5) is 48.6. The van der Waals surface area contributed by atoms with Gasteiger partial charge in [-0.05, 0) is 25.0 Å². The van der Waals surface area contributed by atoms with Gasteiger partial charge in [0.15, 0.2) is 0 Å². The summed E-state index contributed by atoms with van der Waals surface area (Å²) >= 11 is 0. The summed E-state index contributed by atoms with van der Waals surface area (Å²) in [6.45, 7) is 2.08. The van der Waals surface area contributed by atoms with Crippen LogP contribution in [0.1, 0.15) is 59.7 Å². The first-order valence-corrected chi connectivity index (χ1v) is 8.43. The van der Waals surface area contributed by atoms with E-state index in [-0.39, 0.29) is 37.1 Å². The van der Waals surface area contributed by atoms with Gasteiger partial charge in [-0.25, -0.2) is 4.79 Å². The zero-order valence-corrected chi connectivity index (χ0v) is 14.2. The Balaban J connectivity index is 1.83. The van der Waals surface area contributed by atoms with E-state index in [2.05, 4.69) is 5.32 Å². The zero-order chi connectivity index (χ0) is 18.4. The number of unbranched alkanes of at least 4 members (excludes halogenated alkanes) is 1. The molecule has 7 nitrogen and oxygen atoms in total. The van der Waals surface area contributed by atoms with Crippen LogP contribution < -0.4 is 5.32 Å². The molecule has 1 heterocycles. The lowest BCUT2D eigenvalue weighted by molar-refractivity contribution is -0.142. The maximum atomic E-state index is 12.2. The molecule has 1 aliphatic rings. The number of rotatable bonds is 9. The highest BCUT2D eigenvalue weighted by Gasteiger charge is 2.34. The van der Waals surface area contributed by atoms with Gasteiger partial charge in [0, 0.05) is 13.0 Å². The normalized spacial score (nSPS) is 14.4. The number of amides is 3. The predicted molar refractivity (Wildman–Crippen MR) is 90.1 cm³/mol. The average Bonchev–Trinajstić information content (AvgIpc) is 2.83. The standard InChI is InChI=1S/C18H22N2O5/c1-2-3-9-14(18(24)25)19-15(21)10-6-11-20-16(22)12-7-4-5-8-13(12)17(20)23/h4-5,7-8,14H,2-3,6,9-11H2,1H3,(H,19,21)(H,24,25). The van der Waals surface area contributed by atoms with Crippen molar-refractivity contribution in [2.24, 2.45) is 0 Å². The van der Waals surface area contributed by atoms with Gasteiger partial charge in [0.25, 0.3) is 11.8 Å². The van der Waals surface area contributed by atoms with E-state index >= 15 is 0 Å². The summed E-state index contributed by atoms with van der Waals surface area (Å²) in [5.41, 5.74) is 0.755. The average molecular weight is 346 g/mol. The van der Waals surface area contributed by atoms with E-state index in [9.17, 15) is 19.2 Å². The van der Waals surface area contributed by atoms with Gasteiger partial charge in [0.2, 0.25) is 5.91 Å². The predicted octanol–water partition coefficient (Wildman–Crippen LogP) is 1.82. The maximum Gasteiger partial charge on any atom is 0.326 e. The summed E-state index contributed by atoms with van der Waals surface area (Å²) < 4.78 is 0. The third kappa shape index (κ3) is 4.43. The van der Waals surface area contributed by atoms with Crippen molar-refractivity contribution in [3.63, 3.8) is 0 Å². The molecule has 1 unspecified atom stereocenters. The van der Waals surface area contributed by atoms with Gasteiger partial charge in [-0.2, -0.15) is 0 Å². The first kappa shape index (κ1) is 18.6. The molecule has 0 bridgehead atoms. The Bertz CT molecular complexity index is 651. The highest BCUT2D eigenvalue weighted by atomic mass is 16.4. The molecule has 1 aromatic rings. The lowest BCUT2D eigenvalue weighted by Gasteiger charge is -2.16. The van der Waals surface area contributed by atoms with E-state index in [0.717, 1.165) is 11.3 Å². The molecule has 0 saturated heterocycles. The molecule has 0 fully saturated rings. The van der Waals surface area contributed by atoms with E-state index in [4.69, 9.17) is 5.11 Å². The molecule has 1 atom stereocenters. The molecule has 0 aliphatic carbocycles. The van der Waals surface area contributed by atoms with Crippen LogP contribution in [0.4, 0.5) is 0 Å². The number of benzene rings is 1. The van der Waals surface area contributed by atoms with Gasteiger partial charge in [-0.3, -0.25) is 19.3 Å². The van der Waals surface area contributed by atoms with E-state index < -0.39 is 12.0 Å². The molecule has 7 heteroatoms. The van der Waals surface area contributed by atoms with Gasteiger partial charge >= 0.3 is 5.97 Å². The minimum Gasteiger partial charge on any atom is -0.480 e. The lowest BCUT2D eigenvalue weighted by Crippen LogP contribution is -2.41. The van der Waals surface area contributed by atoms with Crippen LogP contribution in [0.5, 0.6) is 0 Å². The summed E-state index contributed by atoms with van der Waals surface area (Å²) in [6, 6.07) is 5.71. The number of aliphatic carboxylic acids is 1. The highest BCUT2D eigenvalue weighted by Crippen LogP contribution is 2.22. The smallest absolute Gasteiger partial charge is 0.326 e. The van der Waals surface area contributed by atoms with Crippen molar-refractivity contribution >= 4 is 23.7 Å². The van der Waals surface area contributed by atoms with Crippen LogP contribution in [-0.4, -0.2) is 46.3 Å². The number of fused-ring (bicyclic) bond motifs is 1. The number of carboxylic acids is 1. The topological polar surface area (TPSA) is 104 Å². The number of carbonyl (C=O) groups is 4. The molecule has 0 spiro atoms. The maximum absolute atomic E-state index is 12.2. The quantitative estimate of drug-likeness (QED) is 0.664. The Hall–Kier alpha value is -2.70. The number of hydrogen-bond acceptors (Lipinski definition) is 4. The van der Waals surface area contributed by atoms with Gasteiger partial charge in [-0.15, -0.1) is 0 Å². The van der Waals surface area contributed by atoms with Crippen LogP contribution in [0, 0.1) is 0 Å². The van der Waals surface area contributed by atoms with Gasteiger partial charge in [0.05, 0.1) is 11.1 Å². The van der Waals surface area contributed by atoms with Crippen molar-refractivity contribution in [2.75, 3.05) is 6.54 Å².